The van der Waals surface area contributed by atoms with Crippen LogP contribution < -0.4 is 0 Å². The summed E-state index contributed by atoms with van der Waals surface area (Å²) >= 11 is 1.21. The normalized spacial score (nSPS) is 10.2. The standard InChI is InChI=1S/C14H11NO4S/c16-14(17)9-10-5-1-3-7-12(10)20-13-8-4-2-6-11(13)15(18)19/h1-8H,9H2,(H,16,17). The van der Waals surface area contributed by atoms with Crippen LogP contribution in [0, 0.1) is 10.1 Å². The van der Waals surface area contributed by atoms with Gasteiger partial charge in [-0.3, -0.25) is 14.9 Å². The van der Waals surface area contributed by atoms with Crippen LogP contribution in [0.5, 0.6) is 0 Å². The molecule has 0 aromatic heterocycles. The number of benzene rings is 2. The van der Waals surface area contributed by atoms with Gasteiger partial charge in [-0.25, -0.2) is 0 Å². The average Bonchev–Trinajstić information content (AvgIpc) is 2.41. The largest absolute Gasteiger partial charge is 0.481 e. The van der Waals surface area contributed by atoms with Crippen molar-refractivity contribution in [3.05, 3.63) is 64.2 Å². The molecule has 0 spiro atoms. The lowest BCUT2D eigenvalue weighted by Crippen LogP contribution is -2.01. The van der Waals surface area contributed by atoms with Gasteiger partial charge in [-0.1, -0.05) is 42.1 Å². The van der Waals surface area contributed by atoms with Gasteiger partial charge in [0.2, 0.25) is 0 Å². The Morgan fingerprint density at radius 1 is 1.10 bits per heavy atom. The molecule has 1 N–H and O–H groups in total. The van der Waals surface area contributed by atoms with Crippen molar-refractivity contribution >= 4 is 23.4 Å². The van der Waals surface area contributed by atoms with E-state index < -0.39 is 10.9 Å². The Hall–Kier alpha value is -2.34. The number of para-hydroxylation sites is 1. The molecule has 0 atom stereocenters. The fraction of sp³-hybridized carbons (Fsp3) is 0.0714. The van der Waals surface area contributed by atoms with Crippen molar-refractivity contribution in [1.29, 1.82) is 0 Å². The predicted octanol–water partition coefficient (Wildman–Crippen LogP) is 3.37. The quantitative estimate of drug-likeness (QED) is 0.674. The van der Waals surface area contributed by atoms with Gasteiger partial charge in [0.1, 0.15) is 0 Å². The SMILES string of the molecule is O=C(O)Cc1ccccc1Sc1ccccc1[N+](=O)[O-]. The molecule has 102 valence electrons. The molecule has 0 heterocycles. The van der Waals surface area contributed by atoms with Crippen LogP contribution in [0.25, 0.3) is 0 Å². The molecule has 0 aliphatic carbocycles. The third-order valence-corrected chi connectivity index (χ3v) is 3.78. The van der Waals surface area contributed by atoms with E-state index in [4.69, 9.17) is 5.11 Å². The fourth-order valence-electron chi connectivity index (χ4n) is 1.73. The van der Waals surface area contributed by atoms with E-state index in [1.54, 1.807) is 42.5 Å². The van der Waals surface area contributed by atoms with E-state index in [9.17, 15) is 14.9 Å². The minimum absolute atomic E-state index is 0.0163. The van der Waals surface area contributed by atoms with Crippen molar-refractivity contribution in [2.24, 2.45) is 0 Å². The second kappa shape index (κ2) is 6.21. The van der Waals surface area contributed by atoms with E-state index in [-0.39, 0.29) is 12.1 Å². The summed E-state index contributed by atoms with van der Waals surface area (Å²) in [7, 11) is 0. The van der Waals surface area contributed by atoms with Crippen molar-refractivity contribution < 1.29 is 14.8 Å². The van der Waals surface area contributed by atoms with Crippen LogP contribution in [0.1, 0.15) is 5.56 Å². The molecule has 0 radical (unpaired) electrons. The maximum atomic E-state index is 11.0. The van der Waals surface area contributed by atoms with Gasteiger partial charge in [-0.05, 0) is 17.7 Å². The highest BCUT2D eigenvalue weighted by Crippen LogP contribution is 2.36. The van der Waals surface area contributed by atoms with Crippen molar-refractivity contribution in [3.63, 3.8) is 0 Å². The van der Waals surface area contributed by atoms with Crippen LogP contribution in [-0.2, 0) is 11.2 Å². The smallest absolute Gasteiger partial charge is 0.307 e. The number of carboxylic acid groups (broad SMARTS) is 1. The molecule has 0 fully saturated rings. The first-order valence-corrected chi connectivity index (χ1v) is 6.60. The lowest BCUT2D eigenvalue weighted by molar-refractivity contribution is -0.387. The first kappa shape index (κ1) is 14.1. The third-order valence-electron chi connectivity index (χ3n) is 2.60. The summed E-state index contributed by atoms with van der Waals surface area (Å²) in [4.78, 5) is 22.6. The summed E-state index contributed by atoms with van der Waals surface area (Å²) in [5.74, 6) is -0.930. The lowest BCUT2D eigenvalue weighted by atomic mass is 10.1. The Balaban J connectivity index is 2.35. The maximum Gasteiger partial charge on any atom is 0.307 e. The summed E-state index contributed by atoms with van der Waals surface area (Å²) in [6, 6.07) is 13.4. The number of carboxylic acids is 1. The predicted molar refractivity (Wildman–Crippen MR) is 75.0 cm³/mol. The number of nitrogens with zero attached hydrogens (tertiary/aromatic N) is 1. The lowest BCUT2D eigenvalue weighted by Gasteiger charge is -2.07. The van der Waals surface area contributed by atoms with Crippen molar-refractivity contribution in [2.45, 2.75) is 16.2 Å². The molecule has 0 unspecified atom stereocenters. The molecule has 6 heteroatoms. The number of aliphatic carboxylic acids is 1. The first-order chi connectivity index (χ1) is 9.58. The van der Waals surface area contributed by atoms with Crippen molar-refractivity contribution in [3.8, 4) is 0 Å². The van der Waals surface area contributed by atoms with Crippen LogP contribution in [0.4, 0.5) is 5.69 Å². The molecular weight excluding hydrogens is 278 g/mol. The van der Waals surface area contributed by atoms with Crippen LogP contribution in [0.3, 0.4) is 0 Å². The molecule has 5 nitrogen and oxygen atoms in total. The fourth-order valence-corrected chi connectivity index (χ4v) is 2.77. The molecule has 2 aromatic carbocycles. The van der Waals surface area contributed by atoms with Crippen LogP contribution in [0.15, 0.2) is 58.3 Å². The Bertz CT molecular complexity index is 657. The van der Waals surface area contributed by atoms with Crippen molar-refractivity contribution in [1.82, 2.24) is 0 Å². The van der Waals surface area contributed by atoms with Gasteiger partial charge in [0.25, 0.3) is 5.69 Å². The molecule has 0 amide bonds. The van der Waals surface area contributed by atoms with E-state index in [2.05, 4.69) is 0 Å². The molecular formula is C14H11NO4S. The van der Waals surface area contributed by atoms with Gasteiger partial charge in [0.05, 0.1) is 16.2 Å². The van der Waals surface area contributed by atoms with E-state index in [1.807, 2.05) is 0 Å². The number of nitro groups is 1. The topological polar surface area (TPSA) is 80.4 Å². The summed E-state index contributed by atoms with van der Waals surface area (Å²) in [6.07, 6.45) is -0.107. The summed E-state index contributed by atoms with van der Waals surface area (Å²) < 4.78 is 0. The van der Waals surface area contributed by atoms with Crippen LogP contribution in [0.2, 0.25) is 0 Å². The number of hydrogen-bond acceptors (Lipinski definition) is 4. The molecule has 0 saturated carbocycles. The minimum atomic E-state index is -0.930. The molecule has 0 aliphatic rings. The summed E-state index contributed by atoms with van der Waals surface area (Å²) in [5.41, 5.74) is 0.658. The third kappa shape index (κ3) is 3.36. The van der Waals surface area contributed by atoms with Gasteiger partial charge >= 0.3 is 5.97 Å². The van der Waals surface area contributed by atoms with E-state index in [0.29, 0.717) is 15.4 Å². The molecule has 2 aromatic rings. The van der Waals surface area contributed by atoms with Gasteiger partial charge in [-0.2, -0.15) is 0 Å². The molecule has 0 saturated heterocycles. The monoisotopic (exact) mass is 289 g/mol. The highest BCUT2D eigenvalue weighted by molar-refractivity contribution is 7.99. The number of hydrogen-bond donors (Lipinski definition) is 1. The minimum Gasteiger partial charge on any atom is -0.481 e. The van der Waals surface area contributed by atoms with E-state index >= 15 is 0 Å². The zero-order chi connectivity index (χ0) is 14.5. The molecule has 0 bridgehead atoms. The Morgan fingerprint density at radius 2 is 1.70 bits per heavy atom. The molecule has 0 aliphatic heterocycles. The zero-order valence-corrected chi connectivity index (χ0v) is 11.2. The number of nitro benzene ring substituents is 1. The molecule has 2 rings (SSSR count). The zero-order valence-electron chi connectivity index (χ0n) is 10.4. The second-order valence-corrected chi connectivity index (χ2v) is 5.09. The Labute approximate surface area is 119 Å². The second-order valence-electron chi connectivity index (χ2n) is 4.01. The van der Waals surface area contributed by atoms with Gasteiger partial charge in [-0.15, -0.1) is 0 Å². The highest BCUT2D eigenvalue weighted by atomic mass is 32.2. The summed E-state index contributed by atoms with van der Waals surface area (Å²) in [6.45, 7) is 0. The number of carbonyl (C=O) groups is 1. The maximum absolute atomic E-state index is 11.0. The van der Waals surface area contributed by atoms with Gasteiger partial charge < -0.3 is 5.11 Å². The average molecular weight is 289 g/mol. The van der Waals surface area contributed by atoms with Crippen molar-refractivity contribution in [2.75, 3.05) is 0 Å². The van der Waals surface area contributed by atoms with Gasteiger partial charge in [0.15, 0.2) is 0 Å². The van der Waals surface area contributed by atoms with Crippen LogP contribution in [-0.4, -0.2) is 16.0 Å². The van der Waals surface area contributed by atoms with E-state index in [1.165, 1.54) is 17.8 Å². The Kier molecular flexibility index (Phi) is 4.37. The number of rotatable bonds is 5. The van der Waals surface area contributed by atoms with E-state index in [0.717, 1.165) is 0 Å². The first-order valence-electron chi connectivity index (χ1n) is 5.79. The summed E-state index contributed by atoms with van der Waals surface area (Å²) in [5, 5.41) is 19.9. The Morgan fingerprint density at radius 3 is 2.35 bits per heavy atom. The van der Waals surface area contributed by atoms with Crippen LogP contribution >= 0.6 is 11.8 Å². The van der Waals surface area contributed by atoms with Gasteiger partial charge in [0, 0.05) is 11.0 Å². The highest BCUT2D eigenvalue weighted by Gasteiger charge is 2.15. The molecule has 20 heavy (non-hydrogen) atoms.